The van der Waals surface area contributed by atoms with Crippen molar-refractivity contribution in [3.05, 3.63) is 48.0 Å². The van der Waals surface area contributed by atoms with Gasteiger partial charge in [-0.25, -0.2) is 5.43 Å². The summed E-state index contributed by atoms with van der Waals surface area (Å²) in [5.41, 5.74) is 2.89. The van der Waals surface area contributed by atoms with E-state index in [2.05, 4.69) is 15.3 Å². The Balaban J connectivity index is 1.61. The van der Waals surface area contributed by atoms with Crippen LogP contribution < -0.4 is 24.4 Å². The number of hydrogen-bond donors (Lipinski definition) is 1. The number of fused-ring (bicyclic) bond motifs is 1. The molecule has 0 aliphatic carbocycles. The molecular weight excluding hydrogens is 374 g/mol. The Morgan fingerprint density at radius 2 is 2.07 bits per heavy atom. The van der Waals surface area contributed by atoms with Crippen LogP contribution in [-0.2, 0) is 4.79 Å². The lowest BCUT2D eigenvalue weighted by Crippen LogP contribution is -2.42. The Hall–Kier alpha value is -3.36. The Morgan fingerprint density at radius 3 is 2.82 bits per heavy atom. The average Bonchev–Trinajstić information content (AvgIpc) is 2.69. The van der Waals surface area contributed by atoms with Crippen LogP contribution in [0.4, 0.5) is 8.78 Å². The number of benzene rings is 2. The third kappa shape index (κ3) is 4.87. The third-order valence-corrected chi connectivity index (χ3v) is 3.67. The van der Waals surface area contributed by atoms with Crippen LogP contribution in [0.5, 0.6) is 23.0 Å². The number of alkyl halides is 2. The molecular formula is C19H18F2N2O5. The fourth-order valence-corrected chi connectivity index (χ4v) is 2.46. The van der Waals surface area contributed by atoms with Crippen molar-refractivity contribution in [2.24, 2.45) is 5.10 Å². The standard InChI is InChI=1S/C19H18F2N2O5/c1-2-25-16-9-12(7-8-15(16)28-19(20)21)10-22-23-18(24)17-11-26-13-5-3-4-6-14(13)27-17/h3-10,17,19H,2,11H2,1H3,(H,23,24)/b22-10-/t17-/m0/s1. The number of amides is 1. The maximum atomic E-state index is 12.4. The summed E-state index contributed by atoms with van der Waals surface area (Å²) in [6, 6.07) is 11.4. The average molecular weight is 392 g/mol. The molecule has 0 saturated carbocycles. The minimum Gasteiger partial charge on any atom is -0.490 e. The van der Waals surface area contributed by atoms with Gasteiger partial charge < -0.3 is 18.9 Å². The molecule has 7 nitrogen and oxygen atoms in total. The number of ether oxygens (including phenoxy) is 4. The van der Waals surface area contributed by atoms with E-state index >= 15 is 0 Å². The molecule has 1 aliphatic rings. The molecule has 0 spiro atoms. The summed E-state index contributed by atoms with van der Waals surface area (Å²) in [6.45, 7) is -0.901. The first-order valence-corrected chi connectivity index (χ1v) is 8.50. The third-order valence-electron chi connectivity index (χ3n) is 3.67. The van der Waals surface area contributed by atoms with Crippen molar-refractivity contribution in [3.63, 3.8) is 0 Å². The van der Waals surface area contributed by atoms with Gasteiger partial charge in [0.25, 0.3) is 5.91 Å². The van der Waals surface area contributed by atoms with E-state index in [1.807, 2.05) is 0 Å². The SMILES string of the molecule is CCOc1cc(/C=N\NC(=O)[C@@H]2COc3ccccc3O2)ccc1OC(F)F. The zero-order valence-corrected chi connectivity index (χ0v) is 14.9. The Morgan fingerprint density at radius 1 is 1.29 bits per heavy atom. The molecule has 1 amide bonds. The summed E-state index contributed by atoms with van der Waals surface area (Å²) in [5.74, 6) is 0.648. The van der Waals surface area contributed by atoms with Gasteiger partial charge in [-0.3, -0.25) is 4.79 Å². The van der Waals surface area contributed by atoms with Gasteiger partial charge >= 0.3 is 6.61 Å². The summed E-state index contributed by atoms with van der Waals surface area (Å²) in [7, 11) is 0. The van der Waals surface area contributed by atoms with Crippen LogP contribution in [0.15, 0.2) is 47.6 Å². The molecule has 1 atom stereocenters. The van der Waals surface area contributed by atoms with Crippen molar-refractivity contribution in [1.82, 2.24) is 5.43 Å². The number of hydrogen-bond acceptors (Lipinski definition) is 6. The number of hydrazone groups is 1. The normalized spacial score (nSPS) is 15.5. The molecule has 148 valence electrons. The lowest BCUT2D eigenvalue weighted by molar-refractivity contribution is -0.130. The van der Waals surface area contributed by atoms with Crippen LogP contribution in [0.3, 0.4) is 0 Å². The van der Waals surface area contributed by atoms with Gasteiger partial charge in [0.05, 0.1) is 12.8 Å². The van der Waals surface area contributed by atoms with Crippen molar-refractivity contribution in [3.8, 4) is 23.0 Å². The highest BCUT2D eigenvalue weighted by Gasteiger charge is 2.27. The van der Waals surface area contributed by atoms with Gasteiger partial charge in [0, 0.05) is 0 Å². The highest BCUT2D eigenvalue weighted by Crippen LogP contribution is 2.31. The van der Waals surface area contributed by atoms with Gasteiger partial charge in [-0.15, -0.1) is 0 Å². The summed E-state index contributed by atoms with van der Waals surface area (Å²) < 4.78 is 45.6. The molecule has 1 N–H and O–H groups in total. The van der Waals surface area contributed by atoms with Gasteiger partial charge in [0.2, 0.25) is 6.10 Å². The minimum atomic E-state index is -2.96. The van der Waals surface area contributed by atoms with E-state index in [1.165, 1.54) is 24.4 Å². The smallest absolute Gasteiger partial charge is 0.387 e. The Kier molecular flexibility index (Phi) is 6.25. The highest BCUT2D eigenvalue weighted by molar-refractivity contribution is 5.85. The predicted molar refractivity (Wildman–Crippen MR) is 96.3 cm³/mol. The number of carbonyl (C=O) groups excluding carboxylic acids is 1. The van der Waals surface area contributed by atoms with E-state index in [4.69, 9.17) is 14.2 Å². The first kappa shape index (κ1) is 19.4. The van der Waals surface area contributed by atoms with Crippen LogP contribution in [0.2, 0.25) is 0 Å². The van der Waals surface area contributed by atoms with Gasteiger partial charge in [-0.2, -0.15) is 13.9 Å². The van der Waals surface area contributed by atoms with Crippen molar-refractivity contribution in [2.45, 2.75) is 19.6 Å². The van der Waals surface area contributed by atoms with E-state index in [0.29, 0.717) is 17.1 Å². The van der Waals surface area contributed by atoms with E-state index in [9.17, 15) is 13.6 Å². The zero-order chi connectivity index (χ0) is 19.9. The highest BCUT2D eigenvalue weighted by atomic mass is 19.3. The largest absolute Gasteiger partial charge is 0.490 e. The topological polar surface area (TPSA) is 78.4 Å². The van der Waals surface area contributed by atoms with Crippen LogP contribution in [0, 0.1) is 0 Å². The monoisotopic (exact) mass is 392 g/mol. The maximum Gasteiger partial charge on any atom is 0.387 e. The number of nitrogens with one attached hydrogen (secondary N) is 1. The lowest BCUT2D eigenvalue weighted by Gasteiger charge is -2.24. The number of nitrogens with zero attached hydrogens (tertiary/aromatic N) is 1. The van der Waals surface area contributed by atoms with Crippen molar-refractivity contribution in [2.75, 3.05) is 13.2 Å². The molecule has 0 radical (unpaired) electrons. The second-order valence-corrected chi connectivity index (χ2v) is 5.62. The van der Waals surface area contributed by atoms with Crippen molar-refractivity contribution >= 4 is 12.1 Å². The number of halogens is 2. The van der Waals surface area contributed by atoms with Gasteiger partial charge in [0.15, 0.2) is 23.0 Å². The molecule has 1 aliphatic heterocycles. The Labute approximate surface area is 159 Å². The van der Waals surface area contributed by atoms with Gasteiger partial charge in [0.1, 0.15) is 6.61 Å². The molecule has 0 unspecified atom stereocenters. The number of para-hydroxylation sites is 2. The molecule has 2 aromatic rings. The summed E-state index contributed by atoms with van der Waals surface area (Å²) in [5, 5.41) is 3.86. The maximum absolute atomic E-state index is 12.4. The van der Waals surface area contributed by atoms with Crippen LogP contribution >= 0.6 is 0 Å². The fourth-order valence-electron chi connectivity index (χ4n) is 2.46. The van der Waals surface area contributed by atoms with Crippen molar-refractivity contribution in [1.29, 1.82) is 0 Å². The molecule has 1 heterocycles. The number of carbonyl (C=O) groups is 1. The Bertz CT molecular complexity index is 860. The molecule has 2 aromatic carbocycles. The summed E-state index contributed by atoms with van der Waals surface area (Å²) in [4.78, 5) is 12.2. The van der Waals surface area contributed by atoms with Crippen LogP contribution in [0.25, 0.3) is 0 Å². The quantitative estimate of drug-likeness (QED) is 0.579. The molecule has 0 bridgehead atoms. The van der Waals surface area contributed by atoms with E-state index in [1.54, 1.807) is 31.2 Å². The molecule has 0 saturated heterocycles. The van der Waals surface area contributed by atoms with Crippen LogP contribution in [0.1, 0.15) is 12.5 Å². The predicted octanol–water partition coefficient (Wildman–Crippen LogP) is 2.98. The van der Waals surface area contributed by atoms with Gasteiger partial charge in [-0.05, 0) is 42.8 Å². The second kappa shape index (κ2) is 9.03. The zero-order valence-electron chi connectivity index (χ0n) is 14.9. The molecule has 9 heteroatoms. The second-order valence-electron chi connectivity index (χ2n) is 5.62. The van der Waals surface area contributed by atoms with E-state index < -0.39 is 18.6 Å². The summed E-state index contributed by atoms with van der Waals surface area (Å²) >= 11 is 0. The minimum absolute atomic E-state index is 0.0620. The first-order valence-electron chi connectivity index (χ1n) is 8.50. The number of rotatable bonds is 7. The van der Waals surface area contributed by atoms with Crippen molar-refractivity contribution < 1.29 is 32.5 Å². The van der Waals surface area contributed by atoms with Crippen LogP contribution in [-0.4, -0.2) is 38.1 Å². The molecule has 0 aromatic heterocycles. The summed E-state index contributed by atoms with van der Waals surface area (Å²) in [6.07, 6.45) is 0.511. The molecule has 0 fully saturated rings. The fraction of sp³-hybridized carbons (Fsp3) is 0.263. The van der Waals surface area contributed by atoms with E-state index in [0.717, 1.165) is 0 Å². The molecule has 3 rings (SSSR count). The molecule has 28 heavy (non-hydrogen) atoms. The lowest BCUT2D eigenvalue weighted by atomic mass is 10.2. The van der Waals surface area contributed by atoms with E-state index in [-0.39, 0.29) is 24.7 Å². The van der Waals surface area contributed by atoms with Gasteiger partial charge in [-0.1, -0.05) is 12.1 Å². The first-order chi connectivity index (χ1) is 13.6.